The summed E-state index contributed by atoms with van der Waals surface area (Å²) in [4.78, 5) is 14.8. The Kier molecular flexibility index (Phi) is 6.00. The molecule has 1 aliphatic rings. The maximum absolute atomic E-state index is 12.7. The number of hydrogen-bond donors (Lipinski definition) is 2. The molecular formula is C22H28N2O4S. The fourth-order valence-corrected chi connectivity index (χ4v) is 4.55. The van der Waals surface area contributed by atoms with Crippen molar-refractivity contribution in [2.75, 3.05) is 29.9 Å². The van der Waals surface area contributed by atoms with Gasteiger partial charge >= 0.3 is 0 Å². The number of phenols is 1. The van der Waals surface area contributed by atoms with Crippen molar-refractivity contribution in [2.24, 2.45) is 0 Å². The van der Waals surface area contributed by atoms with Gasteiger partial charge in [-0.15, -0.1) is 0 Å². The first-order chi connectivity index (χ1) is 13.5. The lowest BCUT2D eigenvalue weighted by Crippen LogP contribution is -2.39. The van der Waals surface area contributed by atoms with Gasteiger partial charge in [0, 0.05) is 25.2 Å². The highest BCUT2D eigenvalue weighted by atomic mass is 32.2. The van der Waals surface area contributed by atoms with Crippen LogP contribution in [-0.4, -0.2) is 48.9 Å². The van der Waals surface area contributed by atoms with Crippen LogP contribution in [0.15, 0.2) is 42.5 Å². The Hall–Kier alpha value is -2.38. The summed E-state index contributed by atoms with van der Waals surface area (Å²) in [6.07, 6.45) is 0. The second-order valence-electron chi connectivity index (χ2n) is 8.56. The Morgan fingerprint density at radius 2 is 1.79 bits per heavy atom. The molecule has 156 valence electrons. The molecule has 0 atom stereocenters. The van der Waals surface area contributed by atoms with Crippen molar-refractivity contribution in [3.8, 4) is 5.75 Å². The number of amides is 1. The van der Waals surface area contributed by atoms with Crippen LogP contribution in [0.3, 0.4) is 0 Å². The van der Waals surface area contributed by atoms with E-state index in [2.05, 4.69) is 31.0 Å². The number of rotatable bonds is 4. The molecule has 2 aromatic carbocycles. The number of carbonyl (C=O) groups is 1. The van der Waals surface area contributed by atoms with Crippen LogP contribution >= 0.6 is 0 Å². The van der Waals surface area contributed by atoms with E-state index in [1.54, 1.807) is 18.2 Å². The molecule has 0 aliphatic carbocycles. The molecule has 2 aromatic rings. The van der Waals surface area contributed by atoms with E-state index in [9.17, 15) is 18.3 Å². The van der Waals surface area contributed by atoms with Gasteiger partial charge in [0.15, 0.2) is 9.84 Å². The van der Waals surface area contributed by atoms with Crippen LogP contribution in [0.4, 0.5) is 5.69 Å². The largest absolute Gasteiger partial charge is 0.506 e. The van der Waals surface area contributed by atoms with Gasteiger partial charge in [-0.25, -0.2) is 8.42 Å². The zero-order chi connectivity index (χ0) is 21.2. The van der Waals surface area contributed by atoms with E-state index in [4.69, 9.17) is 0 Å². The molecule has 3 rings (SSSR count). The SMILES string of the molecule is CC(C)(C)c1ccc(O)c(NC(=O)c2cccc(CN3CCS(=O)(=O)CC3)c2)c1. The molecule has 1 amide bonds. The number of phenolic OH excluding ortho intramolecular Hbond substituents is 1. The van der Waals surface area contributed by atoms with Crippen molar-refractivity contribution in [2.45, 2.75) is 32.7 Å². The summed E-state index contributed by atoms with van der Waals surface area (Å²) in [6, 6.07) is 12.5. The number of nitrogens with one attached hydrogen (secondary N) is 1. The van der Waals surface area contributed by atoms with E-state index in [1.165, 1.54) is 0 Å². The predicted octanol–water partition coefficient (Wildman–Crippen LogP) is 3.17. The van der Waals surface area contributed by atoms with E-state index in [0.29, 0.717) is 30.9 Å². The minimum Gasteiger partial charge on any atom is -0.506 e. The van der Waals surface area contributed by atoms with Gasteiger partial charge in [0.1, 0.15) is 5.75 Å². The summed E-state index contributed by atoms with van der Waals surface area (Å²) in [5.41, 5.74) is 2.74. The summed E-state index contributed by atoms with van der Waals surface area (Å²) >= 11 is 0. The van der Waals surface area contributed by atoms with E-state index >= 15 is 0 Å². The first kappa shape index (κ1) is 21.3. The Morgan fingerprint density at radius 1 is 1.10 bits per heavy atom. The van der Waals surface area contributed by atoms with Crippen LogP contribution in [0.5, 0.6) is 5.75 Å². The summed E-state index contributed by atoms with van der Waals surface area (Å²) < 4.78 is 23.2. The molecule has 6 nitrogen and oxygen atoms in total. The second-order valence-corrected chi connectivity index (χ2v) is 10.9. The first-order valence-electron chi connectivity index (χ1n) is 9.70. The predicted molar refractivity (Wildman–Crippen MR) is 115 cm³/mol. The van der Waals surface area contributed by atoms with Crippen molar-refractivity contribution in [1.29, 1.82) is 0 Å². The zero-order valence-electron chi connectivity index (χ0n) is 17.1. The average Bonchev–Trinajstić information content (AvgIpc) is 2.64. The molecule has 1 heterocycles. The van der Waals surface area contributed by atoms with Crippen molar-refractivity contribution in [3.05, 3.63) is 59.2 Å². The normalized spacial score (nSPS) is 17.1. The van der Waals surface area contributed by atoms with Crippen LogP contribution < -0.4 is 5.32 Å². The lowest BCUT2D eigenvalue weighted by Gasteiger charge is -2.26. The lowest BCUT2D eigenvalue weighted by atomic mass is 9.87. The highest BCUT2D eigenvalue weighted by molar-refractivity contribution is 7.91. The fourth-order valence-electron chi connectivity index (χ4n) is 3.27. The van der Waals surface area contributed by atoms with E-state index in [1.807, 2.05) is 24.3 Å². The molecule has 0 bridgehead atoms. The molecule has 1 fully saturated rings. The van der Waals surface area contributed by atoms with E-state index in [-0.39, 0.29) is 28.6 Å². The number of nitrogens with zero attached hydrogens (tertiary/aromatic N) is 1. The van der Waals surface area contributed by atoms with Gasteiger partial charge in [-0.05, 0) is 40.8 Å². The minimum atomic E-state index is -2.91. The third kappa shape index (κ3) is 5.58. The molecule has 0 radical (unpaired) electrons. The van der Waals surface area contributed by atoms with Gasteiger partial charge < -0.3 is 10.4 Å². The summed E-state index contributed by atoms with van der Waals surface area (Å²) in [5.74, 6) is 0.0825. The van der Waals surface area contributed by atoms with Crippen LogP contribution in [0.25, 0.3) is 0 Å². The fraction of sp³-hybridized carbons (Fsp3) is 0.409. The van der Waals surface area contributed by atoms with Gasteiger partial charge in [0.05, 0.1) is 17.2 Å². The first-order valence-corrected chi connectivity index (χ1v) is 11.5. The topological polar surface area (TPSA) is 86.7 Å². The van der Waals surface area contributed by atoms with E-state index in [0.717, 1.165) is 11.1 Å². The van der Waals surface area contributed by atoms with Crippen LogP contribution in [0.2, 0.25) is 0 Å². The Morgan fingerprint density at radius 3 is 2.45 bits per heavy atom. The summed E-state index contributed by atoms with van der Waals surface area (Å²) in [6.45, 7) is 7.82. The molecule has 0 spiro atoms. The van der Waals surface area contributed by atoms with Gasteiger partial charge in [-0.2, -0.15) is 0 Å². The van der Waals surface area contributed by atoms with Crippen LogP contribution in [-0.2, 0) is 21.8 Å². The smallest absolute Gasteiger partial charge is 0.255 e. The number of sulfone groups is 1. The number of carbonyl (C=O) groups excluding carboxylic acids is 1. The standard InChI is InChI=1S/C22H28N2O4S/c1-22(2,3)18-7-8-20(25)19(14-18)23-21(26)17-6-4-5-16(13-17)15-24-9-11-29(27,28)12-10-24/h4-8,13-14,25H,9-12,15H2,1-3H3,(H,23,26). The molecule has 0 saturated carbocycles. The van der Waals surface area contributed by atoms with Crippen LogP contribution in [0.1, 0.15) is 42.3 Å². The Bertz CT molecular complexity index is 996. The average molecular weight is 417 g/mol. The highest BCUT2D eigenvalue weighted by Crippen LogP contribution is 2.31. The van der Waals surface area contributed by atoms with E-state index < -0.39 is 9.84 Å². The highest BCUT2D eigenvalue weighted by Gasteiger charge is 2.22. The van der Waals surface area contributed by atoms with Crippen molar-refractivity contribution in [1.82, 2.24) is 4.90 Å². The minimum absolute atomic E-state index is 0.0250. The molecule has 29 heavy (non-hydrogen) atoms. The number of hydrogen-bond acceptors (Lipinski definition) is 5. The molecule has 0 unspecified atom stereocenters. The molecular weight excluding hydrogens is 388 g/mol. The second kappa shape index (κ2) is 8.16. The lowest BCUT2D eigenvalue weighted by molar-refractivity contribution is 0.102. The summed E-state index contributed by atoms with van der Waals surface area (Å²) in [5, 5.41) is 12.9. The number of aromatic hydroxyl groups is 1. The maximum Gasteiger partial charge on any atom is 0.255 e. The molecule has 7 heteroatoms. The summed E-state index contributed by atoms with van der Waals surface area (Å²) in [7, 11) is -2.91. The monoisotopic (exact) mass is 416 g/mol. The molecule has 2 N–H and O–H groups in total. The Labute approximate surface area is 172 Å². The third-order valence-corrected chi connectivity index (χ3v) is 6.75. The van der Waals surface area contributed by atoms with Gasteiger partial charge in [0.25, 0.3) is 5.91 Å². The van der Waals surface area contributed by atoms with Gasteiger partial charge in [0.2, 0.25) is 0 Å². The molecule has 1 aliphatic heterocycles. The Balaban J connectivity index is 1.72. The maximum atomic E-state index is 12.7. The number of benzene rings is 2. The molecule has 1 saturated heterocycles. The van der Waals surface area contributed by atoms with Crippen molar-refractivity contribution < 1.29 is 18.3 Å². The quantitative estimate of drug-likeness (QED) is 0.748. The van der Waals surface area contributed by atoms with Crippen molar-refractivity contribution >= 4 is 21.4 Å². The molecule has 0 aromatic heterocycles. The van der Waals surface area contributed by atoms with Gasteiger partial charge in [-0.1, -0.05) is 39.0 Å². The van der Waals surface area contributed by atoms with Crippen LogP contribution in [0, 0.1) is 0 Å². The third-order valence-electron chi connectivity index (χ3n) is 5.14. The van der Waals surface area contributed by atoms with Gasteiger partial charge in [-0.3, -0.25) is 9.69 Å². The zero-order valence-corrected chi connectivity index (χ0v) is 17.9. The van der Waals surface area contributed by atoms with Crippen molar-refractivity contribution in [3.63, 3.8) is 0 Å². The number of anilines is 1.